The summed E-state index contributed by atoms with van der Waals surface area (Å²) in [4.78, 5) is 13.7. The molecule has 1 aromatic carbocycles. The largest absolute Gasteiger partial charge is 0.477 e. The number of fused-ring (bicyclic) bond motifs is 2. The predicted octanol–water partition coefficient (Wildman–Crippen LogP) is 5.14. The molecular formula is C29H31F3N6O. The maximum absolute atomic E-state index is 13.2. The van der Waals surface area contributed by atoms with E-state index < -0.39 is 11.7 Å². The summed E-state index contributed by atoms with van der Waals surface area (Å²) in [7, 11) is 0. The molecule has 0 aliphatic carbocycles. The van der Waals surface area contributed by atoms with Crippen LogP contribution in [0.15, 0.2) is 48.7 Å². The van der Waals surface area contributed by atoms with Crippen LogP contribution in [0.2, 0.25) is 0 Å². The zero-order chi connectivity index (χ0) is 27.8. The van der Waals surface area contributed by atoms with Crippen molar-refractivity contribution in [2.75, 3.05) is 42.6 Å². The number of piperidine rings is 1. The Morgan fingerprint density at radius 2 is 1.95 bits per heavy atom. The maximum Gasteiger partial charge on any atom is 0.416 e. The number of hydrogen-bond donors (Lipinski definition) is 1. The second kappa shape index (κ2) is 10.4. The molecule has 0 amide bonds. The third kappa shape index (κ3) is 5.11. The van der Waals surface area contributed by atoms with Crippen LogP contribution < -0.4 is 20.3 Å². The number of ether oxygens (including phenoxy) is 1. The third-order valence-electron chi connectivity index (χ3n) is 7.58. The summed E-state index contributed by atoms with van der Waals surface area (Å²) in [5, 5.41) is 9.58. The number of halogens is 3. The van der Waals surface area contributed by atoms with Gasteiger partial charge in [0.15, 0.2) is 0 Å². The SMILES string of the molecule is CCOc1ncccc1-c1ccc2c(n1)N(C[C@@H](C)N)CC21CCN(c2ccc(C(F)(F)F)cc2C#N)CC1. The van der Waals surface area contributed by atoms with Gasteiger partial charge in [-0.15, -0.1) is 0 Å². The van der Waals surface area contributed by atoms with E-state index >= 15 is 0 Å². The Hall–Kier alpha value is -3.84. The lowest BCUT2D eigenvalue weighted by Crippen LogP contribution is -2.46. The highest BCUT2D eigenvalue weighted by Crippen LogP contribution is 2.48. The molecule has 10 heteroatoms. The quantitative estimate of drug-likeness (QED) is 0.467. The predicted molar refractivity (Wildman–Crippen MR) is 144 cm³/mol. The summed E-state index contributed by atoms with van der Waals surface area (Å²) in [5.41, 5.74) is 8.58. The Morgan fingerprint density at radius 1 is 1.18 bits per heavy atom. The second-order valence-corrected chi connectivity index (χ2v) is 10.3. The molecule has 204 valence electrons. The van der Waals surface area contributed by atoms with Crippen LogP contribution in [0.25, 0.3) is 11.3 Å². The zero-order valence-electron chi connectivity index (χ0n) is 22.0. The molecule has 0 bridgehead atoms. The fourth-order valence-electron chi connectivity index (χ4n) is 5.80. The van der Waals surface area contributed by atoms with Crippen LogP contribution in [0.3, 0.4) is 0 Å². The molecule has 2 aliphatic rings. The molecule has 0 saturated carbocycles. The van der Waals surface area contributed by atoms with Crippen molar-refractivity contribution < 1.29 is 17.9 Å². The van der Waals surface area contributed by atoms with Crippen molar-refractivity contribution in [1.82, 2.24) is 9.97 Å². The van der Waals surface area contributed by atoms with Gasteiger partial charge in [0.05, 0.1) is 34.7 Å². The normalized spacial score (nSPS) is 17.2. The molecule has 0 radical (unpaired) electrons. The Bertz CT molecular complexity index is 1390. The van der Waals surface area contributed by atoms with Gasteiger partial charge in [-0.2, -0.15) is 18.4 Å². The van der Waals surface area contributed by atoms with E-state index in [0.717, 1.165) is 54.2 Å². The molecule has 1 saturated heterocycles. The molecule has 3 aromatic rings. The number of aromatic nitrogens is 2. The van der Waals surface area contributed by atoms with E-state index in [-0.39, 0.29) is 17.0 Å². The fraction of sp³-hybridized carbons (Fsp3) is 0.414. The minimum atomic E-state index is -4.49. The van der Waals surface area contributed by atoms with Crippen LogP contribution in [0, 0.1) is 11.3 Å². The van der Waals surface area contributed by atoms with E-state index in [1.54, 1.807) is 6.20 Å². The van der Waals surface area contributed by atoms with E-state index in [0.29, 0.717) is 37.8 Å². The Balaban J connectivity index is 1.45. The Morgan fingerprint density at radius 3 is 2.62 bits per heavy atom. The highest BCUT2D eigenvalue weighted by Gasteiger charge is 2.46. The van der Waals surface area contributed by atoms with E-state index in [1.807, 2.05) is 43.0 Å². The van der Waals surface area contributed by atoms with Crippen LogP contribution in [-0.4, -0.2) is 48.8 Å². The number of nitrogens with zero attached hydrogens (tertiary/aromatic N) is 5. The number of hydrogen-bond acceptors (Lipinski definition) is 7. The number of benzene rings is 1. The first kappa shape index (κ1) is 26.8. The van der Waals surface area contributed by atoms with Crippen molar-refractivity contribution in [2.45, 2.75) is 44.3 Å². The topological polar surface area (TPSA) is 91.3 Å². The number of nitriles is 1. The van der Waals surface area contributed by atoms with E-state index in [2.05, 4.69) is 16.0 Å². The van der Waals surface area contributed by atoms with Crippen LogP contribution in [0.1, 0.15) is 43.4 Å². The summed E-state index contributed by atoms with van der Waals surface area (Å²) >= 11 is 0. The first-order valence-electron chi connectivity index (χ1n) is 13.1. The molecule has 5 rings (SSSR count). The molecule has 2 N–H and O–H groups in total. The molecular weight excluding hydrogens is 505 g/mol. The minimum Gasteiger partial charge on any atom is -0.477 e. The monoisotopic (exact) mass is 536 g/mol. The standard InChI is InChI=1S/C29H31F3N6O/c1-3-39-27-22(5-4-12-35-27)24-8-7-23-26(36-24)38(17-19(2)34)18-28(23)10-13-37(14-11-28)25-9-6-21(29(30,31)32)15-20(25)16-33/h4-9,12,15,19H,3,10-11,13-14,17-18,34H2,1-2H3/t19-/m1/s1. The van der Waals surface area contributed by atoms with Gasteiger partial charge < -0.3 is 20.3 Å². The molecule has 0 unspecified atom stereocenters. The van der Waals surface area contributed by atoms with Gasteiger partial charge in [0.2, 0.25) is 5.88 Å². The number of pyridine rings is 2. The lowest BCUT2D eigenvalue weighted by atomic mass is 9.74. The number of nitrogens with two attached hydrogens (primary N) is 1. The molecule has 1 fully saturated rings. The summed E-state index contributed by atoms with van der Waals surface area (Å²) in [5.74, 6) is 1.44. The van der Waals surface area contributed by atoms with Crippen molar-refractivity contribution >= 4 is 11.5 Å². The molecule has 7 nitrogen and oxygen atoms in total. The minimum absolute atomic E-state index is 0.0408. The Labute approximate surface area is 226 Å². The summed E-state index contributed by atoms with van der Waals surface area (Å²) in [6.45, 7) is 7.03. The van der Waals surface area contributed by atoms with Gasteiger partial charge in [0, 0.05) is 49.4 Å². The maximum atomic E-state index is 13.2. The highest BCUT2D eigenvalue weighted by molar-refractivity contribution is 5.70. The fourth-order valence-corrected chi connectivity index (χ4v) is 5.80. The molecule has 2 aromatic heterocycles. The van der Waals surface area contributed by atoms with Crippen LogP contribution in [0.5, 0.6) is 5.88 Å². The van der Waals surface area contributed by atoms with Crippen LogP contribution >= 0.6 is 0 Å². The smallest absolute Gasteiger partial charge is 0.416 e. The summed E-state index contributed by atoms with van der Waals surface area (Å²) < 4.78 is 45.3. The Kier molecular flexibility index (Phi) is 7.12. The van der Waals surface area contributed by atoms with Gasteiger partial charge in [-0.1, -0.05) is 6.07 Å². The number of anilines is 2. The van der Waals surface area contributed by atoms with Crippen molar-refractivity contribution in [3.05, 3.63) is 65.4 Å². The number of rotatable bonds is 6. The van der Waals surface area contributed by atoms with Gasteiger partial charge in [0.1, 0.15) is 11.9 Å². The molecule has 39 heavy (non-hydrogen) atoms. The van der Waals surface area contributed by atoms with E-state index in [4.69, 9.17) is 15.5 Å². The average molecular weight is 537 g/mol. The molecule has 2 aliphatic heterocycles. The van der Waals surface area contributed by atoms with E-state index in [9.17, 15) is 18.4 Å². The van der Waals surface area contributed by atoms with Gasteiger partial charge in [0.25, 0.3) is 0 Å². The van der Waals surface area contributed by atoms with Gasteiger partial charge in [-0.3, -0.25) is 0 Å². The lowest BCUT2D eigenvalue weighted by Gasteiger charge is -2.41. The van der Waals surface area contributed by atoms with Crippen molar-refractivity contribution in [1.29, 1.82) is 5.26 Å². The van der Waals surface area contributed by atoms with Gasteiger partial charge >= 0.3 is 6.18 Å². The lowest BCUT2D eigenvalue weighted by molar-refractivity contribution is -0.137. The van der Waals surface area contributed by atoms with Gasteiger partial charge in [-0.25, -0.2) is 9.97 Å². The van der Waals surface area contributed by atoms with Crippen LogP contribution in [0.4, 0.5) is 24.7 Å². The van der Waals surface area contributed by atoms with Crippen molar-refractivity contribution in [2.24, 2.45) is 5.73 Å². The van der Waals surface area contributed by atoms with Crippen LogP contribution in [-0.2, 0) is 11.6 Å². The first-order valence-corrected chi connectivity index (χ1v) is 13.1. The van der Waals surface area contributed by atoms with Crippen molar-refractivity contribution in [3.63, 3.8) is 0 Å². The molecule has 1 atom stereocenters. The van der Waals surface area contributed by atoms with Crippen molar-refractivity contribution in [3.8, 4) is 23.2 Å². The third-order valence-corrected chi connectivity index (χ3v) is 7.58. The zero-order valence-corrected chi connectivity index (χ0v) is 22.0. The average Bonchev–Trinajstić information content (AvgIpc) is 3.20. The summed E-state index contributed by atoms with van der Waals surface area (Å²) in [6.07, 6.45) is -1.24. The molecule has 4 heterocycles. The number of alkyl halides is 3. The van der Waals surface area contributed by atoms with Gasteiger partial charge in [-0.05, 0) is 63.1 Å². The first-order chi connectivity index (χ1) is 18.6. The van der Waals surface area contributed by atoms with E-state index in [1.165, 1.54) is 6.07 Å². The highest BCUT2D eigenvalue weighted by atomic mass is 19.4. The summed E-state index contributed by atoms with van der Waals surface area (Å²) in [6, 6.07) is 13.3. The second-order valence-electron chi connectivity index (χ2n) is 10.3. The molecule has 1 spiro atoms.